The third kappa shape index (κ3) is 4.85. The number of hydrogen-bond acceptors (Lipinski definition) is 14. The summed E-state index contributed by atoms with van der Waals surface area (Å²) in [6.45, 7) is -0.888. The Labute approximate surface area is 210 Å². The lowest BCUT2D eigenvalue weighted by molar-refractivity contribution is -0.278. The molecule has 0 amide bonds. The van der Waals surface area contributed by atoms with Crippen LogP contribution >= 0.6 is 0 Å². The number of rotatable bonds is 5. The summed E-state index contributed by atoms with van der Waals surface area (Å²) in [7, 11) is 0. The fourth-order valence-corrected chi connectivity index (χ4v) is 3.72. The standard InChI is InChI=1S/C23H20O15/c24-8-4-11(27)14-12(5-8)36-19(7-1-2-9(25)10(26)3-7)20(16(14)29)38-23-18(31)17(30)15(28)13(37-23)6-35-22(34)21(32)33/h1-5,13,15,17-18,23-28,30-31H,6H2,(H,32,33)/t13-,15-,17+,18-,23+/m1/s1. The predicted octanol–water partition coefficient (Wildman–Crippen LogP) is -0.903. The van der Waals surface area contributed by atoms with E-state index in [1.165, 1.54) is 6.07 Å². The molecule has 5 atom stereocenters. The topological polar surface area (TPSA) is 254 Å². The first-order valence-electron chi connectivity index (χ1n) is 10.7. The van der Waals surface area contributed by atoms with Gasteiger partial charge in [-0.2, -0.15) is 0 Å². The second-order valence-corrected chi connectivity index (χ2v) is 8.17. The van der Waals surface area contributed by atoms with E-state index in [1.54, 1.807) is 0 Å². The number of aliphatic carboxylic acids is 1. The Balaban J connectivity index is 1.79. The molecule has 15 heteroatoms. The quantitative estimate of drug-likeness (QED) is 0.112. The van der Waals surface area contributed by atoms with Gasteiger partial charge in [0.1, 0.15) is 53.5 Å². The second-order valence-electron chi connectivity index (χ2n) is 8.17. The van der Waals surface area contributed by atoms with Crippen LogP contribution in [0, 0.1) is 0 Å². The Bertz CT molecular complexity index is 1460. The number of carboxylic acid groups (broad SMARTS) is 1. The average Bonchev–Trinajstić information content (AvgIpc) is 2.85. The number of carboxylic acids is 1. The number of phenolic OH excluding ortho intramolecular Hbond substituents is 4. The Hall–Kier alpha value is -4.57. The van der Waals surface area contributed by atoms with E-state index in [9.17, 15) is 50.1 Å². The molecule has 38 heavy (non-hydrogen) atoms. The van der Waals surface area contributed by atoms with Gasteiger partial charge in [0.25, 0.3) is 0 Å². The monoisotopic (exact) mass is 536 g/mol. The van der Waals surface area contributed by atoms with Crippen molar-refractivity contribution in [2.75, 3.05) is 6.61 Å². The molecule has 0 aliphatic carbocycles. The summed E-state index contributed by atoms with van der Waals surface area (Å²) in [4.78, 5) is 35.3. The lowest BCUT2D eigenvalue weighted by Crippen LogP contribution is -2.60. The molecule has 2 aromatic carbocycles. The summed E-state index contributed by atoms with van der Waals surface area (Å²) in [5.41, 5.74) is -1.44. The zero-order chi connectivity index (χ0) is 27.9. The van der Waals surface area contributed by atoms with Crippen molar-refractivity contribution >= 4 is 22.9 Å². The number of phenols is 4. The summed E-state index contributed by atoms with van der Waals surface area (Å²) in [5, 5.41) is 78.7. The maximum absolute atomic E-state index is 13.4. The van der Waals surface area contributed by atoms with E-state index in [1.807, 2.05) is 0 Å². The zero-order valence-electron chi connectivity index (χ0n) is 18.9. The lowest BCUT2D eigenvalue weighted by atomic mass is 9.99. The summed E-state index contributed by atoms with van der Waals surface area (Å²) >= 11 is 0. The number of ether oxygens (including phenoxy) is 3. The van der Waals surface area contributed by atoms with Crippen LogP contribution in [0.3, 0.4) is 0 Å². The molecular weight excluding hydrogens is 516 g/mol. The number of carbonyl (C=O) groups excluding carboxylic acids is 1. The van der Waals surface area contributed by atoms with Gasteiger partial charge in [-0.05, 0) is 18.2 Å². The van der Waals surface area contributed by atoms with Crippen molar-refractivity contribution in [2.45, 2.75) is 30.7 Å². The number of aromatic hydroxyl groups is 4. The van der Waals surface area contributed by atoms with Crippen molar-refractivity contribution < 1.29 is 69.1 Å². The van der Waals surface area contributed by atoms with Gasteiger partial charge in [-0.1, -0.05) is 0 Å². The molecule has 202 valence electrons. The number of carbonyl (C=O) groups is 2. The van der Waals surface area contributed by atoms with Crippen LogP contribution in [0.1, 0.15) is 0 Å². The molecule has 2 heterocycles. The molecule has 0 spiro atoms. The smallest absolute Gasteiger partial charge is 0.417 e. The van der Waals surface area contributed by atoms with Crippen molar-refractivity contribution in [3.8, 4) is 40.1 Å². The molecular formula is C23H20O15. The highest BCUT2D eigenvalue weighted by Crippen LogP contribution is 2.39. The molecule has 1 saturated heterocycles. The van der Waals surface area contributed by atoms with Crippen LogP contribution in [0.5, 0.6) is 28.7 Å². The molecule has 1 fully saturated rings. The van der Waals surface area contributed by atoms with Gasteiger partial charge in [-0.3, -0.25) is 4.79 Å². The SMILES string of the molecule is O=C(O)C(=O)OC[C@H]1O[C@@H](Oc2c(-c3ccc(O)c(O)c3)oc3cc(O)cc(O)c3c2=O)[C@H](O)[C@@H](O)[C@@H]1O. The van der Waals surface area contributed by atoms with Gasteiger partial charge in [0, 0.05) is 17.7 Å². The minimum absolute atomic E-state index is 0.0602. The number of aliphatic hydroxyl groups excluding tert-OH is 3. The van der Waals surface area contributed by atoms with E-state index >= 15 is 0 Å². The Morgan fingerprint density at radius 1 is 0.895 bits per heavy atom. The second kappa shape index (κ2) is 10.1. The average molecular weight is 536 g/mol. The predicted molar refractivity (Wildman–Crippen MR) is 120 cm³/mol. The van der Waals surface area contributed by atoms with E-state index in [-0.39, 0.29) is 11.1 Å². The first kappa shape index (κ1) is 26.5. The highest BCUT2D eigenvalue weighted by atomic mass is 16.7. The van der Waals surface area contributed by atoms with Gasteiger partial charge in [0.15, 0.2) is 17.3 Å². The minimum atomic E-state index is -2.01. The maximum atomic E-state index is 13.4. The van der Waals surface area contributed by atoms with Gasteiger partial charge >= 0.3 is 11.9 Å². The van der Waals surface area contributed by atoms with Crippen molar-refractivity contribution in [3.05, 3.63) is 40.6 Å². The van der Waals surface area contributed by atoms with Crippen LogP contribution in [0.25, 0.3) is 22.3 Å². The van der Waals surface area contributed by atoms with Crippen LogP contribution in [-0.2, 0) is 19.1 Å². The molecule has 15 nitrogen and oxygen atoms in total. The minimum Gasteiger partial charge on any atom is -0.508 e. The molecule has 0 saturated carbocycles. The zero-order valence-corrected chi connectivity index (χ0v) is 18.9. The van der Waals surface area contributed by atoms with Crippen LogP contribution in [0.4, 0.5) is 0 Å². The van der Waals surface area contributed by atoms with Crippen molar-refractivity contribution in [1.82, 2.24) is 0 Å². The van der Waals surface area contributed by atoms with E-state index < -0.39 is 94.6 Å². The van der Waals surface area contributed by atoms with Crippen molar-refractivity contribution in [1.29, 1.82) is 0 Å². The van der Waals surface area contributed by atoms with Crippen molar-refractivity contribution in [3.63, 3.8) is 0 Å². The fourth-order valence-electron chi connectivity index (χ4n) is 3.72. The summed E-state index contributed by atoms with van der Waals surface area (Å²) in [6, 6.07) is 5.09. The Kier molecular flexibility index (Phi) is 7.01. The van der Waals surface area contributed by atoms with Crippen LogP contribution in [0.2, 0.25) is 0 Å². The molecule has 0 unspecified atom stereocenters. The fraction of sp³-hybridized carbons (Fsp3) is 0.261. The Morgan fingerprint density at radius 3 is 2.26 bits per heavy atom. The number of hydrogen-bond donors (Lipinski definition) is 8. The number of benzene rings is 2. The number of fused-ring (bicyclic) bond motifs is 1. The summed E-state index contributed by atoms with van der Waals surface area (Å²) in [6.07, 6.45) is -9.45. The molecule has 8 N–H and O–H groups in total. The maximum Gasteiger partial charge on any atom is 0.417 e. The normalized spacial score (nSPS) is 23.2. The molecule has 1 aromatic heterocycles. The number of esters is 1. The van der Waals surface area contributed by atoms with E-state index in [4.69, 9.17) is 19.0 Å². The third-order valence-electron chi connectivity index (χ3n) is 5.61. The van der Waals surface area contributed by atoms with Crippen molar-refractivity contribution in [2.24, 2.45) is 0 Å². The van der Waals surface area contributed by atoms with Gasteiger partial charge in [0.2, 0.25) is 17.5 Å². The van der Waals surface area contributed by atoms with Crippen LogP contribution < -0.4 is 10.2 Å². The van der Waals surface area contributed by atoms with E-state index in [0.29, 0.717) is 0 Å². The summed E-state index contributed by atoms with van der Waals surface area (Å²) in [5.74, 6) is -7.12. The highest BCUT2D eigenvalue weighted by Gasteiger charge is 2.46. The molecule has 1 aliphatic rings. The first-order valence-corrected chi connectivity index (χ1v) is 10.7. The van der Waals surface area contributed by atoms with Gasteiger partial charge in [0.05, 0.1) is 0 Å². The molecule has 1 aliphatic heterocycles. The van der Waals surface area contributed by atoms with E-state index in [0.717, 1.165) is 24.3 Å². The third-order valence-corrected chi connectivity index (χ3v) is 5.61. The van der Waals surface area contributed by atoms with Crippen LogP contribution in [-0.4, -0.2) is 90.1 Å². The summed E-state index contributed by atoms with van der Waals surface area (Å²) < 4.78 is 21.0. The molecule has 0 bridgehead atoms. The van der Waals surface area contributed by atoms with Gasteiger partial charge < -0.3 is 59.5 Å². The Morgan fingerprint density at radius 2 is 1.61 bits per heavy atom. The molecule has 4 rings (SSSR count). The van der Waals surface area contributed by atoms with Gasteiger partial charge in [-0.25, -0.2) is 9.59 Å². The van der Waals surface area contributed by atoms with E-state index in [2.05, 4.69) is 4.74 Å². The van der Waals surface area contributed by atoms with Gasteiger partial charge in [-0.15, -0.1) is 0 Å². The molecule has 3 aromatic rings. The number of aliphatic hydroxyl groups is 3. The lowest BCUT2D eigenvalue weighted by Gasteiger charge is -2.39. The first-order chi connectivity index (χ1) is 17.9. The highest BCUT2D eigenvalue weighted by molar-refractivity contribution is 6.28. The molecule has 0 radical (unpaired) electrons. The largest absolute Gasteiger partial charge is 0.508 e. The van der Waals surface area contributed by atoms with Crippen LogP contribution in [0.15, 0.2) is 39.5 Å².